The standard InChI is InChI=1S/C13H18BrNS/c1-11-3-4-13(12(9-11)10-14)15-5-2-7-16-8-6-15/h3-4,9H,2,5-8,10H2,1H3. The summed E-state index contributed by atoms with van der Waals surface area (Å²) < 4.78 is 0. The van der Waals surface area contributed by atoms with E-state index in [2.05, 4.69) is 57.7 Å². The quantitative estimate of drug-likeness (QED) is 0.764. The number of anilines is 1. The molecule has 1 fully saturated rings. The van der Waals surface area contributed by atoms with Crippen molar-refractivity contribution in [1.29, 1.82) is 0 Å². The van der Waals surface area contributed by atoms with Gasteiger partial charge in [-0.1, -0.05) is 33.6 Å². The van der Waals surface area contributed by atoms with Crippen molar-refractivity contribution in [3.8, 4) is 0 Å². The summed E-state index contributed by atoms with van der Waals surface area (Å²) in [6.07, 6.45) is 1.31. The van der Waals surface area contributed by atoms with Crippen LogP contribution in [-0.2, 0) is 5.33 Å². The molecule has 0 amide bonds. The zero-order chi connectivity index (χ0) is 11.4. The van der Waals surface area contributed by atoms with Gasteiger partial charge in [0.15, 0.2) is 0 Å². The normalized spacial score (nSPS) is 17.2. The van der Waals surface area contributed by atoms with Crippen LogP contribution in [0.1, 0.15) is 17.5 Å². The lowest BCUT2D eigenvalue weighted by Crippen LogP contribution is -2.26. The number of aryl methyl sites for hydroxylation is 1. The minimum atomic E-state index is 0.952. The Hall–Kier alpha value is -0.150. The minimum absolute atomic E-state index is 0.952. The molecule has 0 aliphatic carbocycles. The SMILES string of the molecule is Cc1ccc(N2CCCSCC2)c(CBr)c1. The highest BCUT2D eigenvalue weighted by Gasteiger charge is 2.12. The first-order valence-electron chi connectivity index (χ1n) is 5.79. The van der Waals surface area contributed by atoms with Gasteiger partial charge in [0.2, 0.25) is 0 Å². The van der Waals surface area contributed by atoms with E-state index in [0.29, 0.717) is 0 Å². The van der Waals surface area contributed by atoms with Crippen molar-refractivity contribution >= 4 is 33.4 Å². The molecular formula is C13H18BrNS. The Morgan fingerprint density at radius 2 is 2.19 bits per heavy atom. The number of benzene rings is 1. The van der Waals surface area contributed by atoms with Crippen molar-refractivity contribution in [2.45, 2.75) is 18.7 Å². The molecule has 1 saturated heterocycles. The molecule has 0 unspecified atom stereocenters. The summed E-state index contributed by atoms with van der Waals surface area (Å²) in [5.74, 6) is 2.57. The number of thioether (sulfide) groups is 1. The van der Waals surface area contributed by atoms with Crippen molar-refractivity contribution in [3.05, 3.63) is 29.3 Å². The lowest BCUT2D eigenvalue weighted by atomic mass is 10.1. The van der Waals surface area contributed by atoms with Crippen LogP contribution in [-0.4, -0.2) is 24.6 Å². The van der Waals surface area contributed by atoms with Gasteiger partial charge in [-0.25, -0.2) is 0 Å². The third-order valence-corrected chi connectivity index (χ3v) is 4.59. The Bertz CT molecular complexity index is 346. The number of rotatable bonds is 2. The molecular weight excluding hydrogens is 282 g/mol. The molecule has 0 radical (unpaired) electrons. The van der Waals surface area contributed by atoms with Crippen LogP contribution in [0.2, 0.25) is 0 Å². The largest absolute Gasteiger partial charge is 0.370 e. The summed E-state index contributed by atoms with van der Waals surface area (Å²) in [6, 6.07) is 6.80. The fourth-order valence-electron chi connectivity index (χ4n) is 2.12. The molecule has 1 aliphatic heterocycles. The highest BCUT2D eigenvalue weighted by molar-refractivity contribution is 9.08. The first kappa shape index (κ1) is 12.3. The van der Waals surface area contributed by atoms with Crippen molar-refractivity contribution in [2.24, 2.45) is 0 Å². The molecule has 0 N–H and O–H groups in total. The van der Waals surface area contributed by atoms with Crippen LogP contribution in [0, 0.1) is 6.92 Å². The van der Waals surface area contributed by atoms with Gasteiger partial charge < -0.3 is 4.90 Å². The molecule has 1 aromatic rings. The third kappa shape index (κ3) is 2.95. The van der Waals surface area contributed by atoms with Crippen LogP contribution in [0.5, 0.6) is 0 Å². The molecule has 1 heterocycles. The highest BCUT2D eigenvalue weighted by Crippen LogP contribution is 2.26. The van der Waals surface area contributed by atoms with Crippen LogP contribution in [0.25, 0.3) is 0 Å². The second-order valence-corrected chi connectivity index (χ2v) is 6.00. The summed E-state index contributed by atoms with van der Waals surface area (Å²) in [6.45, 7) is 4.55. The second kappa shape index (κ2) is 5.97. The number of hydrogen-bond donors (Lipinski definition) is 0. The average molecular weight is 300 g/mol. The zero-order valence-electron chi connectivity index (χ0n) is 9.71. The lowest BCUT2D eigenvalue weighted by Gasteiger charge is -2.25. The van der Waals surface area contributed by atoms with E-state index in [4.69, 9.17) is 0 Å². The van der Waals surface area contributed by atoms with E-state index in [1.165, 1.54) is 47.8 Å². The summed E-state index contributed by atoms with van der Waals surface area (Å²) in [7, 11) is 0. The smallest absolute Gasteiger partial charge is 0.0407 e. The van der Waals surface area contributed by atoms with E-state index in [1.807, 2.05) is 0 Å². The monoisotopic (exact) mass is 299 g/mol. The number of hydrogen-bond acceptors (Lipinski definition) is 2. The molecule has 16 heavy (non-hydrogen) atoms. The van der Waals surface area contributed by atoms with E-state index in [9.17, 15) is 0 Å². The van der Waals surface area contributed by atoms with Crippen molar-refractivity contribution in [3.63, 3.8) is 0 Å². The highest BCUT2D eigenvalue weighted by atomic mass is 79.9. The maximum absolute atomic E-state index is 3.60. The summed E-state index contributed by atoms with van der Waals surface area (Å²) in [5.41, 5.74) is 4.19. The summed E-state index contributed by atoms with van der Waals surface area (Å²) in [5, 5.41) is 0.952. The van der Waals surface area contributed by atoms with Crippen LogP contribution >= 0.6 is 27.7 Å². The zero-order valence-corrected chi connectivity index (χ0v) is 12.1. The Morgan fingerprint density at radius 1 is 1.31 bits per heavy atom. The molecule has 0 bridgehead atoms. The topological polar surface area (TPSA) is 3.24 Å². The fraction of sp³-hybridized carbons (Fsp3) is 0.538. The first-order valence-corrected chi connectivity index (χ1v) is 8.07. The Labute approximate surface area is 111 Å². The molecule has 1 aliphatic rings. The average Bonchev–Trinajstić information content (AvgIpc) is 2.57. The van der Waals surface area contributed by atoms with Gasteiger partial charge in [0.05, 0.1) is 0 Å². The van der Waals surface area contributed by atoms with E-state index in [-0.39, 0.29) is 0 Å². The van der Waals surface area contributed by atoms with E-state index in [1.54, 1.807) is 0 Å². The number of alkyl halides is 1. The molecule has 3 heteroatoms. The molecule has 1 nitrogen and oxygen atoms in total. The van der Waals surface area contributed by atoms with Gasteiger partial charge in [0, 0.05) is 29.9 Å². The van der Waals surface area contributed by atoms with Crippen LogP contribution in [0.4, 0.5) is 5.69 Å². The van der Waals surface area contributed by atoms with Gasteiger partial charge in [-0.05, 0) is 30.7 Å². The maximum atomic E-state index is 3.60. The van der Waals surface area contributed by atoms with Crippen LogP contribution in [0.3, 0.4) is 0 Å². The molecule has 0 spiro atoms. The third-order valence-electron chi connectivity index (χ3n) is 2.94. The summed E-state index contributed by atoms with van der Waals surface area (Å²) in [4.78, 5) is 2.54. The van der Waals surface area contributed by atoms with E-state index >= 15 is 0 Å². The van der Waals surface area contributed by atoms with Crippen molar-refractivity contribution in [2.75, 3.05) is 29.5 Å². The molecule has 0 saturated carbocycles. The molecule has 2 rings (SSSR count). The van der Waals surface area contributed by atoms with Gasteiger partial charge in [-0.15, -0.1) is 0 Å². The van der Waals surface area contributed by atoms with Gasteiger partial charge in [-0.2, -0.15) is 11.8 Å². The fourth-order valence-corrected chi connectivity index (χ4v) is 3.45. The van der Waals surface area contributed by atoms with Crippen molar-refractivity contribution < 1.29 is 0 Å². The molecule has 88 valence electrons. The van der Waals surface area contributed by atoms with Gasteiger partial charge >= 0.3 is 0 Å². The minimum Gasteiger partial charge on any atom is -0.370 e. The molecule has 0 atom stereocenters. The Morgan fingerprint density at radius 3 is 3.00 bits per heavy atom. The first-order chi connectivity index (χ1) is 7.81. The predicted molar refractivity (Wildman–Crippen MR) is 78.0 cm³/mol. The second-order valence-electron chi connectivity index (χ2n) is 4.22. The predicted octanol–water partition coefficient (Wildman–Crippen LogP) is 3.83. The maximum Gasteiger partial charge on any atom is 0.0407 e. The van der Waals surface area contributed by atoms with E-state index in [0.717, 1.165) is 5.33 Å². The van der Waals surface area contributed by atoms with Gasteiger partial charge in [0.25, 0.3) is 0 Å². The number of halogens is 1. The van der Waals surface area contributed by atoms with Gasteiger partial charge in [-0.3, -0.25) is 0 Å². The van der Waals surface area contributed by atoms with Crippen LogP contribution in [0.15, 0.2) is 18.2 Å². The van der Waals surface area contributed by atoms with Gasteiger partial charge in [0.1, 0.15) is 0 Å². The molecule has 1 aromatic carbocycles. The van der Waals surface area contributed by atoms with E-state index < -0.39 is 0 Å². The van der Waals surface area contributed by atoms with Crippen LogP contribution < -0.4 is 4.90 Å². The Balaban J connectivity index is 2.23. The lowest BCUT2D eigenvalue weighted by molar-refractivity contribution is 0.812. The summed E-state index contributed by atoms with van der Waals surface area (Å²) >= 11 is 5.67. The number of nitrogens with zero attached hydrogens (tertiary/aromatic N) is 1. The molecule has 0 aromatic heterocycles. The Kier molecular flexibility index (Phi) is 4.59. The van der Waals surface area contributed by atoms with Crippen molar-refractivity contribution in [1.82, 2.24) is 0 Å².